The zero-order chi connectivity index (χ0) is 16.5. The van der Waals surface area contributed by atoms with Crippen LogP contribution in [0.5, 0.6) is 0 Å². The smallest absolute Gasteiger partial charge is 0.337 e. The first kappa shape index (κ1) is 16.3. The zero-order valence-electron chi connectivity index (χ0n) is 11.9. The Morgan fingerprint density at radius 3 is 2.23 bits per heavy atom. The molecule has 0 spiro atoms. The van der Waals surface area contributed by atoms with Crippen molar-refractivity contribution in [1.29, 1.82) is 0 Å². The van der Waals surface area contributed by atoms with Crippen LogP contribution in [0.1, 0.15) is 21.5 Å². The summed E-state index contributed by atoms with van der Waals surface area (Å²) in [6.07, 6.45) is 0. The number of hydrogen-bond acceptors (Lipinski definition) is 3. The van der Waals surface area contributed by atoms with Gasteiger partial charge >= 0.3 is 5.97 Å². The van der Waals surface area contributed by atoms with E-state index in [1.54, 1.807) is 19.1 Å². The van der Waals surface area contributed by atoms with Crippen LogP contribution in [0.15, 0.2) is 41.3 Å². The number of nitrogens with one attached hydrogen (secondary N) is 1. The van der Waals surface area contributed by atoms with E-state index in [-0.39, 0.29) is 21.2 Å². The van der Waals surface area contributed by atoms with Crippen LogP contribution in [0.25, 0.3) is 0 Å². The Balaban J connectivity index is 2.52. The number of rotatable bonds is 4. The van der Waals surface area contributed by atoms with E-state index in [0.717, 1.165) is 5.56 Å². The van der Waals surface area contributed by atoms with Crippen LogP contribution in [0.2, 0.25) is 5.02 Å². The average Bonchev–Trinajstić information content (AvgIpc) is 2.44. The summed E-state index contributed by atoms with van der Waals surface area (Å²) in [5.74, 6) is -1.23. The molecule has 0 heterocycles. The quantitative estimate of drug-likeness (QED) is 0.893. The number of sulfonamides is 1. The zero-order valence-corrected chi connectivity index (χ0v) is 13.5. The van der Waals surface area contributed by atoms with Gasteiger partial charge in [0.2, 0.25) is 0 Å². The highest BCUT2D eigenvalue weighted by Gasteiger charge is 2.21. The van der Waals surface area contributed by atoms with Crippen LogP contribution in [0.3, 0.4) is 0 Å². The summed E-state index contributed by atoms with van der Waals surface area (Å²) in [6, 6.07) is 8.93. The fraction of sp³-hybridized carbons (Fsp3) is 0.133. The van der Waals surface area contributed by atoms with E-state index in [1.807, 2.05) is 6.92 Å². The van der Waals surface area contributed by atoms with Gasteiger partial charge in [0.25, 0.3) is 10.0 Å². The molecule has 0 atom stereocenters. The summed E-state index contributed by atoms with van der Waals surface area (Å²) in [4.78, 5) is 11.3. The Bertz CT molecular complexity index is 829. The third-order valence-electron chi connectivity index (χ3n) is 3.20. The van der Waals surface area contributed by atoms with Crippen molar-refractivity contribution in [3.8, 4) is 0 Å². The van der Waals surface area contributed by atoms with Crippen LogP contribution >= 0.6 is 11.6 Å². The molecule has 0 amide bonds. The first-order chi connectivity index (χ1) is 10.2. The summed E-state index contributed by atoms with van der Waals surface area (Å²) < 4.78 is 27.1. The molecule has 0 saturated carbocycles. The SMILES string of the molecule is Cc1ccc(S(=O)(=O)Nc2c(C(=O)O)ccc(Cl)c2C)cc1. The third-order valence-corrected chi connectivity index (χ3v) is 4.97. The molecule has 0 radical (unpaired) electrons. The van der Waals surface area contributed by atoms with Crippen molar-refractivity contribution in [2.45, 2.75) is 18.7 Å². The summed E-state index contributed by atoms with van der Waals surface area (Å²) in [6.45, 7) is 3.40. The number of carboxylic acids is 1. The molecule has 2 N–H and O–H groups in total. The second-order valence-electron chi connectivity index (χ2n) is 4.82. The van der Waals surface area contributed by atoms with Crippen molar-refractivity contribution >= 4 is 33.3 Å². The lowest BCUT2D eigenvalue weighted by Crippen LogP contribution is -2.16. The summed E-state index contributed by atoms with van der Waals surface area (Å²) in [7, 11) is -3.90. The molecule has 5 nitrogen and oxygen atoms in total. The van der Waals surface area contributed by atoms with Gasteiger partial charge in [-0.2, -0.15) is 0 Å². The minimum absolute atomic E-state index is 0.0272. The van der Waals surface area contributed by atoms with Gasteiger partial charge < -0.3 is 5.11 Å². The lowest BCUT2D eigenvalue weighted by atomic mass is 10.1. The minimum Gasteiger partial charge on any atom is -0.478 e. The number of hydrogen-bond donors (Lipinski definition) is 2. The second-order valence-corrected chi connectivity index (χ2v) is 6.91. The summed E-state index contributed by atoms with van der Waals surface area (Å²) in [5.41, 5.74) is 1.10. The summed E-state index contributed by atoms with van der Waals surface area (Å²) in [5, 5.41) is 9.49. The van der Waals surface area contributed by atoms with E-state index >= 15 is 0 Å². The molecular formula is C15H14ClNO4S. The van der Waals surface area contributed by atoms with E-state index in [1.165, 1.54) is 24.3 Å². The molecule has 0 unspecified atom stereocenters. The predicted molar refractivity (Wildman–Crippen MR) is 85.1 cm³/mol. The van der Waals surface area contributed by atoms with Gasteiger partial charge in [0.1, 0.15) is 0 Å². The fourth-order valence-electron chi connectivity index (χ4n) is 1.91. The molecule has 22 heavy (non-hydrogen) atoms. The van der Waals surface area contributed by atoms with Crippen molar-refractivity contribution in [3.63, 3.8) is 0 Å². The van der Waals surface area contributed by atoms with E-state index in [0.29, 0.717) is 5.56 Å². The predicted octanol–water partition coefficient (Wildman–Crippen LogP) is 3.46. The maximum atomic E-state index is 12.4. The second kappa shape index (κ2) is 5.98. The van der Waals surface area contributed by atoms with Crippen LogP contribution in [-0.4, -0.2) is 19.5 Å². The number of halogens is 1. The largest absolute Gasteiger partial charge is 0.478 e. The Morgan fingerprint density at radius 2 is 1.68 bits per heavy atom. The van der Waals surface area contributed by atoms with Gasteiger partial charge in [-0.1, -0.05) is 29.3 Å². The Labute approximate surface area is 133 Å². The van der Waals surface area contributed by atoms with Crippen molar-refractivity contribution in [2.24, 2.45) is 0 Å². The van der Waals surface area contributed by atoms with Crippen LogP contribution < -0.4 is 4.72 Å². The highest BCUT2D eigenvalue weighted by molar-refractivity contribution is 7.92. The van der Waals surface area contributed by atoms with Crippen molar-refractivity contribution < 1.29 is 18.3 Å². The van der Waals surface area contributed by atoms with Crippen molar-refractivity contribution in [1.82, 2.24) is 0 Å². The first-order valence-electron chi connectivity index (χ1n) is 6.34. The number of anilines is 1. The monoisotopic (exact) mass is 339 g/mol. The van der Waals surface area contributed by atoms with E-state index < -0.39 is 16.0 Å². The Hall–Kier alpha value is -2.05. The van der Waals surface area contributed by atoms with Gasteiger partial charge in [0.15, 0.2) is 0 Å². The van der Waals surface area contributed by atoms with Crippen LogP contribution in [0, 0.1) is 13.8 Å². The highest BCUT2D eigenvalue weighted by atomic mass is 35.5. The molecule has 0 aliphatic carbocycles. The first-order valence-corrected chi connectivity index (χ1v) is 8.20. The molecule has 2 aromatic carbocycles. The van der Waals surface area contributed by atoms with Gasteiger partial charge in [-0.15, -0.1) is 0 Å². The molecule has 2 rings (SSSR count). The van der Waals surface area contributed by atoms with Gasteiger partial charge in [0, 0.05) is 5.02 Å². The van der Waals surface area contributed by atoms with Gasteiger partial charge in [-0.25, -0.2) is 13.2 Å². The molecule has 0 aromatic heterocycles. The maximum absolute atomic E-state index is 12.4. The van der Waals surface area contributed by atoms with Gasteiger partial charge in [0.05, 0.1) is 16.1 Å². The van der Waals surface area contributed by atoms with Crippen LogP contribution in [0.4, 0.5) is 5.69 Å². The van der Waals surface area contributed by atoms with E-state index in [2.05, 4.69) is 4.72 Å². The van der Waals surface area contributed by atoms with Gasteiger partial charge in [-0.3, -0.25) is 4.72 Å². The fourth-order valence-corrected chi connectivity index (χ4v) is 3.21. The number of carboxylic acid groups (broad SMARTS) is 1. The molecule has 7 heteroatoms. The number of carbonyl (C=O) groups is 1. The normalized spacial score (nSPS) is 11.2. The minimum atomic E-state index is -3.90. The molecule has 0 saturated heterocycles. The standard InChI is InChI=1S/C15H14ClNO4S/c1-9-3-5-11(6-4-9)22(20,21)17-14-10(2)13(16)8-7-12(14)15(18)19/h3-8,17H,1-2H3,(H,18,19). The molecule has 0 bridgehead atoms. The maximum Gasteiger partial charge on any atom is 0.337 e. The third kappa shape index (κ3) is 3.23. The van der Waals surface area contributed by atoms with Crippen molar-refractivity contribution in [2.75, 3.05) is 4.72 Å². The number of benzene rings is 2. The molecule has 0 aliphatic heterocycles. The molecule has 0 fully saturated rings. The van der Waals surface area contributed by atoms with Crippen LogP contribution in [-0.2, 0) is 10.0 Å². The molecule has 2 aromatic rings. The Morgan fingerprint density at radius 1 is 1.09 bits per heavy atom. The summed E-state index contributed by atoms with van der Waals surface area (Å²) >= 11 is 5.96. The number of aromatic carboxylic acids is 1. The van der Waals surface area contributed by atoms with E-state index in [9.17, 15) is 18.3 Å². The molecule has 116 valence electrons. The average molecular weight is 340 g/mol. The Kier molecular flexibility index (Phi) is 4.44. The van der Waals surface area contributed by atoms with E-state index in [4.69, 9.17) is 11.6 Å². The molecular weight excluding hydrogens is 326 g/mol. The lowest BCUT2D eigenvalue weighted by molar-refractivity contribution is 0.0698. The number of aryl methyl sites for hydroxylation is 1. The lowest BCUT2D eigenvalue weighted by Gasteiger charge is -2.14. The van der Waals surface area contributed by atoms with Gasteiger partial charge in [-0.05, 0) is 43.7 Å². The van der Waals surface area contributed by atoms with Crippen molar-refractivity contribution in [3.05, 3.63) is 58.1 Å². The highest BCUT2D eigenvalue weighted by Crippen LogP contribution is 2.29. The topological polar surface area (TPSA) is 83.5 Å². The molecule has 0 aliphatic rings.